The molecule has 7 heteroatoms. The molecule has 2 fully saturated rings. The van der Waals surface area contributed by atoms with Crippen molar-refractivity contribution in [3.8, 4) is 5.75 Å². The van der Waals surface area contributed by atoms with Gasteiger partial charge >= 0.3 is 0 Å². The van der Waals surface area contributed by atoms with Gasteiger partial charge in [-0.15, -0.1) is 0 Å². The molecule has 128 valence electrons. The lowest BCUT2D eigenvalue weighted by atomic mass is 10.1. The Morgan fingerprint density at radius 1 is 1.21 bits per heavy atom. The van der Waals surface area contributed by atoms with Crippen molar-refractivity contribution in [2.45, 2.75) is 25.3 Å². The normalized spacial score (nSPS) is 23.7. The first kappa shape index (κ1) is 16.4. The standard InChI is InChI=1S/C17H21N3O4/c21-15-6-5-14(17(23)20-15)19-16(22)12-1-3-13(4-2-12)24-10-11-7-8-18-9-11/h1-4,11,14,18H,5-10H2,(H,19,22)(H,20,21,23)/t11-,14?/m1/s1. The summed E-state index contributed by atoms with van der Waals surface area (Å²) in [6.45, 7) is 2.68. The molecule has 2 heterocycles. The van der Waals surface area contributed by atoms with Crippen molar-refractivity contribution in [3.05, 3.63) is 29.8 Å². The average Bonchev–Trinajstić information content (AvgIpc) is 3.09. The quantitative estimate of drug-likeness (QED) is 0.670. The van der Waals surface area contributed by atoms with Gasteiger partial charge in [0.15, 0.2) is 0 Å². The van der Waals surface area contributed by atoms with Gasteiger partial charge in [0, 0.05) is 24.4 Å². The van der Waals surface area contributed by atoms with Gasteiger partial charge in [0.1, 0.15) is 11.8 Å². The van der Waals surface area contributed by atoms with Crippen molar-refractivity contribution in [2.75, 3.05) is 19.7 Å². The minimum Gasteiger partial charge on any atom is -0.493 e. The lowest BCUT2D eigenvalue weighted by molar-refractivity contribution is -0.134. The van der Waals surface area contributed by atoms with Gasteiger partial charge in [0.25, 0.3) is 5.91 Å². The molecule has 0 spiro atoms. The van der Waals surface area contributed by atoms with Crippen molar-refractivity contribution < 1.29 is 19.1 Å². The van der Waals surface area contributed by atoms with E-state index in [1.165, 1.54) is 0 Å². The summed E-state index contributed by atoms with van der Waals surface area (Å²) in [6.07, 6.45) is 1.68. The highest BCUT2D eigenvalue weighted by Crippen LogP contribution is 2.16. The number of piperidine rings is 1. The first-order valence-corrected chi connectivity index (χ1v) is 8.20. The number of imide groups is 1. The summed E-state index contributed by atoms with van der Waals surface area (Å²) >= 11 is 0. The molecule has 1 aromatic rings. The van der Waals surface area contributed by atoms with Crippen LogP contribution in [0.4, 0.5) is 0 Å². The summed E-state index contributed by atoms with van der Waals surface area (Å²) in [6, 6.07) is 6.18. The van der Waals surface area contributed by atoms with Gasteiger partial charge in [0.05, 0.1) is 6.61 Å². The Morgan fingerprint density at radius 2 is 2.00 bits per heavy atom. The maximum Gasteiger partial charge on any atom is 0.251 e. The summed E-state index contributed by atoms with van der Waals surface area (Å²) in [5.41, 5.74) is 0.453. The van der Waals surface area contributed by atoms with E-state index in [1.807, 2.05) is 0 Å². The van der Waals surface area contributed by atoms with Crippen LogP contribution in [-0.4, -0.2) is 43.5 Å². The fourth-order valence-corrected chi connectivity index (χ4v) is 2.85. The van der Waals surface area contributed by atoms with E-state index in [1.54, 1.807) is 24.3 Å². The van der Waals surface area contributed by atoms with Gasteiger partial charge in [-0.2, -0.15) is 0 Å². The van der Waals surface area contributed by atoms with Gasteiger partial charge in [0.2, 0.25) is 11.8 Å². The van der Waals surface area contributed by atoms with Crippen molar-refractivity contribution in [3.63, 3.8) is 0 Å². The van der Waals surface area contributed by atoms with E-state index in [-0.39, 0.29) is 18.2 Å². The predicted octanol–water partition coefficient (Wildman–Crippen LogP) is 0.210. The molecule has 0 bridgehead atoms. The van der Waals surface area contributed by atoms with E-state index in [2.05, 4.69) is 16.0 Å². The average molecular weight is 331 g/mol. The predicted molar refractivity (Wildman–Crippen MR) is 86.6 cm³/mol. The Hall–Kier alpha value is -2.41. The van der Waals surface area contributed by atoms with Crippen molar-refractivity contribution in [1.29, 1.82) is 0 Å². The Morgan fingerprint density at radius 3 is 2.67 bits per heavy atom. The van der Waals surface area contributed by atoms with Crippen LogP contribution >= 0.6 is 0 Å². The SMILES string of the molecule is O=C1CCC(NC(=O)c2ccc(OC[C@@H]3CCNC3)cc2)C(=O)N1. The molecular weight excluding hydrogens is 310 g/mol. The number of amides is 3. The Balaban J connectivity index is 1.51. The molecule has 0 aliphatic carbocycles. The molecule has 2 aliphatic rings. The fourth-order valence-electron chi connectivity index (χ4n) is 2.85. The zero-order chi connectivity index (χ0) is 16.9. The van der Waals surface area contributed by atoms with E-state index >= 15 is 0 Å². The van der Waals surface area contributed by atoms with E-state index in [0.717, 1.165) is 25.3 Å². The number of ether oxygens (including phenoxy) is 1. The van der Waals surface area contributed by atoms with Crippen LogP contribution in [-0.2, 0) is 9.59 Å². The van der Waals surface area contributed by atoms with Crippen LogP contribution in [0.2, 0.25) is 0 Å². The first-order chi connectivity index (χ1) is 11.6. The molecule has 7 nitrogen and oxygen atoms in total. The van der Waals surface area contributed by atoms with Crippen LogP contribution in [0.25, 0.3) is 0 Å². The van der Waals surface area contributed by atoms with Gasteiger partial charge < -0.3 is 15.4 Å². The molecule has 3 amide bonds. The highest BCUT2D eigenvalue weighted by molar-refractivity contribution is 6.03. The minimum absolute atomic E-state index is 0.236. The highest BCUT2D eigenvalue weighted by Gasteiger charge is 2.28. The van der Waals surface area contributed by atoms with E-state index < -0.39 is 11.9 Å². The Bertz CT molecular complexity index is 623. The fraction of sp³-hybridized carbons (Fsp3) is 0.471. The maximum atomic E-state index is 12.2. The van der Waals surface area contributed by atoms with Crippen LogP contribution in [0.1, 0.15) is 29.6 Å². The topological polar surface area (TPSA) is 96.5 Å². The molecule has 1 aromatic carbocycles. The molecule has 3 N–H and O–H groups in total. The Kier molecular flexibility index (Phi) is 5.10. The molecule has 0 saturated carbocycles. The van der Waals surface area contributed by atoms with Crippen LogP contribution in [0.15, 0.2) is 24.3 Å². The molecule has 2 atom stereocenters. The van der Waals surface area contributed by atoms with Crippen LogP contribution in [0, 0.1) is 5.92 Å². The number of carbonyl (C=O) groups excluding carboxylic acids is 3. The first-order valence-electron chi connectivity index (χ1n) is 8.20. The van der Waals surface area contributed by atoms with Gasteiger partial charge in [-0.25, -0.2) is 0 Å². The summed E-state index contributed by atoms with van der Waals surface area (Å²) in [5.74, 6) is 0.158. The van der Waals surface area contributed by atoms with Gasteiger partial charge in [-0.1, -0.05) is 0 Å². The monoisotopic (exact) mass is 331 g/mol. The largest absolute Gasteiger partial charge is 0.493 e. The third-order valence-corrected chi connectivity index (χ3v) is 4.31. The lowest BCUT2D eigenvalue weighted by Gasteiger charge is -2.21. The number of benzene rings is 1. The summed E-state index contributed by atoms with van der Waals surface area (Å²) in [5, 5.41) is 8.16. The Labute approximate surface area is 140 Å². The zero-order valence-corrected chi connectivity index (χ0v) is 13.3. The summed E-state index contributed by atoms with van der Waals surface area (Å²) in [7, 11) is 0. The number of rotatable bonds is 5. The maximum absolute atomic E-state index is 12.2. The molecule has 2 aliphatic heterocycles. The lowest BCUT2D eigenvalue weighted by Crippen LogP contribution is -2.52. The second-order valence-corrected chi connectivity index (χ2v) is 6.17. The number of carbonyl (C=O) groups is 3. The summed E-state index contributed by atoms with van der Waals surface area (Å²) in [4.78, 5) is 35.0. The van der Waals surface area contributed by atoms with Crippen LogP contribution in [0.3, 0.4) is 0 Å². The highest BCUT2D eigenvalue weighted by atomic mass is 16.5. The second-order valence-electron chi connectivity index (χ2n) is 6.17. The minimum atomic E-state index is -0.666. The molecule has 1 unspecified atom stereocenters. The third kappa shape index (κ3) is 4.11. The molecule has 24 heavy (non-hydrogen) atoms. The molecule has 3 rings (SSSR count). The van der Waals surface area contributed by atoms with E-state index in [9.17, 15) is 14.4 Å². The number of hydrogen-bond acceptors (Lipinski definition) is 5. The van der Waals surface area contributed by atoms with Crippen molar-refractivity contribution in [1.82, 2.24) is 16.0 Å². The number of hydrogen-bond donors (Lipinski definition) is 3. The third-order valence-electron chi connectivity index (χ3n) is 4.31. The van der Waals surface area contributed by atoms with Crippen molar-refractivity contribution in [2.24, 2.45) is 5.92 Å². The van der Waals surface area contributed by atoms with Gasteiger partial charge in [-0.3, -0.25) is 19.7 Å². The number of nitrogens with one attached hydrogen (secondary N) is 3. The van der Waals surface area contributed by atoms with E-state index in [0.29, 0.717) is 24.5 Å². The van der Waals surface area contributed by atoms with Crippen LogP contribution in [0.5, 0.6) is 5.75 Å². The smallest absolute Gasteiger partial charge is 0.251 e. The summed E-state index contributed by atoms with van der Waals surface area (Å²) < 4.78 is 5.73. The van der Waals surface area contributed by atoms with Crippen molar-refractivity contribution >= 4 is 17.7 Å². The molecule has 0 aromatic heterocycles. The molecular formula is C17H21N3O4. The van der Waals surface area contributed by atoms with E-state index in [4.69, 9.17) is 4.74 Å². The zero-order valence-electron chi connectivity index (χ0n) is 13.3. The second kappa shape index (κ2) is 7.44. The van der Waals surface area contributed by atoms with Crippen LogP contribution < -0.4 is 20.7 Å². The molecule has 2 saturated heterocycles. The van der Waals surface area contributed by atoms with Gasteiger partial charge in [-0.05, 0) is 43.7 Å². The molecule has 0 radical (unpaired) electrons.